The van der Waals surface area contributed by atoms with Gasteiger partial charge in [0.15, 0.2) is 0 Å². The summed E-state index contributed by atoms with van der Waals surface area (Å²) in [6.45, 7) is 6.17. The predicted octanol–water partition coefficient (Wildman–Crippen LogP) is 4.74. The van der Waals surface area contributed by atoms with Crippen LogP contribution in [0.15, 0.2) is 35.7 Å². The van der Waals surface area contributed by atoms with E-state index in [9.17, 15) is 18.0 Å². The molecule has 0 saturated carbocycles. The summed E-state index contributed by atoms with van der Waals surface area (Å²) in [6, 6.07) is 9.69. The van der Waals surface area contributed by atoms with Crippen LogP contribution in [0.3, 0.4) is 0 Å². The number of nitrogens with zero attached hydrogens (tertiary/aromatic N) is 3. The number of benzene rings is 1. The lowest BCUT2D eigenvalue weighted by Gasteiger charge is -2.36. The molecular formula is C25H29F3N4OS. The summed E-state index contributed by atoms with van der Waals surface area (Å²) < 4.78 is 40.5. The number of carbonyl (C=O) groups is 1. The molecule has 4 rings (SSSR count). The first kappa shape index (κ1) is 24.6. The van der Waals surface area contributed by atoms with Crippen LogP contribution in [0.25, 0.3) is 0 Å². The van der Waals surface area contributed by atoms with Gasteiger partial charge in [0.25, 0.3) is 0 Å². The number of nitriles is 1. The number of likely N-dealkylation sites (tertiary alicyclic amines) is 1. The topological polar surface area (TPSA) is 59.4 Å². The first-order valence-electron chi connectivity index (χ1n) is 11.7. The number of carbonyl (C=O) groups excluding carboxylic acids is 1. The van der Waals surface area contributed by atoms with Gasteiger partial charge in [0, 0.05) is 36.7 Å². The maximum atomic E-state index is 13.5. The molecule has 2 aliphatic heterocycles. The number of thiophene rings is 1. The highest BCUT2D eigenvalue weighted by molar-refractivity contribution is 7.09. The fourth-order valence-electron chi connectivity index (χ4n) is 5.32. The van der Waals surface area contributed by atoms with Crippen LogP contribution in [-0.2, 0) is 17.5 Å². The van der Waals surface area contributed by atoms with Crippen molar-refractivity contribution in [1.29, 1.82) is 5.26 Å². The summed E-state index contributed by atoms with van der Waals surface area (Å²) in [4.78, 5) is 18.6. The Morgan fingerprint density at radius 1 is 1.24 bits per heavy atom. The minimum atomic E-state index is -4.60. The Bertz CT molecular complexity index is 1030. The zero-order chi connectivity index (χ0) is 24.3. The minimum absolute atomic E-state index is 0.0271. The van der Waals surface area contributed by atoms with Gasteiger partial charge >= 0.3 is 6.18 Å². The normalized spacial score (nSPS) is 22.0. The van der Waals surface area contributed by atoms with E-state index in [2.05, 4.69) is 27.7 Å². The van der Waals surface area contributed by atoms with E-state index in [0.717, 1.165) is 38.5 Å². The number of nitrogens with one attached hydrogen (secondary N) is 1. The van der Waals surface area contributed by atoms with Crippen LogP contribution in [0.2, 0.25) is 0 Å². The standard InChI is InChI=1S/C25H29F3N4OS/c1-2-30-24(33)22-16-32(19-6-5-18(13-29)23(12-19)25(26,27)28)15-21(22)17-7-9-31(10-8-17)14-20-4-3-11-34-20/h3-6,11-12,17,21-22H,2,7-10,14-16H2,1H3,(H,30,33)/t21-,22+/m0/s1. The Hall–Kier alpha value is -2.57. The molecule has 0 bridgehead atoms. The molecule has 0 aliphatic carbocycles. The van der Waals surface area contributed by atoms with Crippen molar-refractivity contribution in [3.05, 3.63) is 51.7 Å². The van der Waals surface area contributed by atoms with E-state index in [1.807, 2.05) is 11.8 Å². The number of amides is 1. The Morgan fingerprint density at radius 3 is 2.62 bits per heavy atom. The Morgan fingerprint density at radius 2 is 2.00 bits per heavy atom. The monoisotopic (exact) mass is 490 g/mol. The molecule has 2 saturated heterocycles. The summed E-state index contributed by atoms with van der Waals surface area (Å²) in [5, 5.41) is 14.1. The van der Waals surface area contributed by atoms with E-state index >= 15 is 0 Å². The second-order valence-corrected chi connectivity index (χ2v) is 10.1. The fourth-order valence-corrected chi connectivity index (χ4v) is 6.07. The molecule has 1 N–H and O–H groups in total. The quantitative estimate of drug-likeness (QED) is 0.636. The molecule has 1 amide bonds. The average molecular weight is 491 g/mol. The smallest absolute Gasteiger partial charge is 0.370 e. The van der Waals surface area contributed by atoms with Crippen molar-refractivity contribution >= 4 is 22.9 Å². The van der Waals surface area contributed by atoms with Crippen molar-refractivity contribution in [3.63, 3.8) is 0 Å². The van der Waals surface area contributed by atoms with Crippen LogP contribution < -0.4 is 10.2 Å². The van der Waals surface area contributed by atoms with Crippen molar-refractivity contribution in [2.75, 3.05) is 37.6 Å². The summed E-state index contributed by atoms with van der Waals surface area (Å²) in [7, 11) is 0. The molecular weight excluding hydrogens is 461 g/mol. The van der Waals surface area contributed by atoms with E-state index in [1.54, 1.807) is 23.5 Å². The number of alkyl halides is 3. The molecule has 0 radical (unpaired) electrons. The average Bonchev–Trinajstić information content (AvgIpc) is 3.49. The van der Waals surface area contributed by atoms with Crippen LogP contribution >= 0.6 is 11.3 Å². The van der Waals surface area contributed by atoms with Crippen molar-refractivity contribution < 1.29 is 18.0 Å². The zero-order valence-corrected chi connectivity index (χ0v) is 20.0. The van der Waals surface area contributed by atoms with Gasteiger partial charge in [0.2, 0.25) is 5.91 Å². The molecule has 0 spiro atoms. The lowest BCUT2D eigenvalue weighted by molar-refractivity contribution is -0.137. The molecule has 2 aliphatic rings. The van der Waals surface area contributed by atoms with Crippen LogP contribution in [0.5, 0.6) is 0 Å². The van der Waals surface area contributed by atoms with Gasteiger partial charge in [0.05, 0.1) is 23.1 Å². The number of rotatable bonds is 6. The number of piperidine rings is 1. The molecule has 182 valence electrons. The first-order chi connectivity index (χ1) is 16.3. The van der Waals surface area contributed by atoms with E-state index in [-0.39, 0.29) is 23.3 Å². The van der Waals surface area contributed by atoms with Gasteiger partial charge in [-0.2, -0.15) is 18.4 Å². The maximum absolute atomic E-state index is 13.5. The molecule has 5 nitrogen and oxygen atoms in total. The summed E-state index contributed by atoms with van der Waals surface area (Å²) >= 11 is 1.75. The van der Waals surface area contributed by atoms with Gasteiger partial charge in [-0.05, 0) is 74.3 Å². The summed E-state index contributed by atoms with van der Waals surface area (Å²) in [5.74, 6) is 0.137. The Labute approximate surface area is 202 Å². The number of hydrogen-bond donors (Lipinski definition) is 1. The van der Waals surface area contributed by atoms with E-state index < -0.39 is 11.7 Å². The second-order valence-electron chi connectivity index (χ2n) is 9.10. The van der Waals surface area contributed by atoms with Gasteiger partial charge in [-0.25, -0.2) is 0 Å². The van der Waals surface area contributed by atoms with E-state index in [4.69, 9.17) is 5.26 Å². The Balaban J connectivity index is 1.50. The van der Waals surface area contributed by atoms with Gasteiger partial charge in [-0.1, -0.05) is 6.07 Å². The number of hydrogen-bond acceptors (Lipinski definition) is 5. The van der Waals surface area contributed by atoms with Crippen molar-refractivity contribution in [1.82, 2.24) is 10.2 Å². The highest BCUT2D eigenvalue weighted by Crippen LogP contribution is 2.40. The molecule has 9 heteroatoms. The predicted molar refractivity (Wildman–Crippen MR) is 126 cm³/mol. The summed E-state index contributed by atoms with van der Waals surface area (Å²) in [5.41, 5.74) is -0.893. The number of halogens is 3. The Kier molecular flexibility index (Phi) is 7.48. The minimum Gasteiger partial charge on any atom is -0.370 e. The molecule has 2 aromatic rings. The highest BCUT2D eigenvalue weighted by atomic mass is 32.1. The van der Waals surface area contributed by atoms with Crippen LogP contribution in [0.4, 0.5) is 18.9 Å². The van der Waals surface area contributed by atoms with Gasteiger partial charge in [0.1, 0.15) is 0 Å². The largest absolute Gasteiger partial charge is 0.417 e. The van der Waals surface area contributed by atoms with Gasteiger partial charge < -0.3 is 10.2 Å². The van der Waals surface area contributed by atoms with E-state index in [1.165, 1.54) is 10.9 Å². The molecule has 0 unspecified atom stereocenters. The lowest BCUT2D eigenvalue weighted by Crippen LogP contribution is -2.41. The third kappa shape index (κ3) is 5.39. The third-order valence-corrected chi connectivity index (χ3v) is 7.91. The fraction of sp³-hybridized carbons (Fsp3) is 0.520. The third-order valence-electron chi connectivity index (χ3n) is 7.04. The molecule has 2 atom stereocenters. The van der Waals surface area contributed by atoms with Crippen molar-refractivity contribution in [2.45, 2.75) is 32.5 Å². The van der Waals surface area contributed by atoms with Crippen LogP contribution in [-0.4, -0.2) is 43.5 Å². The highest BCUT2D eigenvalue weighted by Gasteiger charge is 2.43. The van der Waals surface area contributed by atoms with Crippen molar-refractivity contribution in [2.24, 2.45) is 17.8 Å². The van der Waals surface area contributed by atoms with Crippen LogP contribution in [0.1, 0.15) is 35.8 Å². The molecule has 1 aromatic heterocycles. The zero-order valence-electron chi connectivity index (χ0n) is 19.1. The molecule has 1 aromatic carbocycles. The molecule has 34 heavy (non-hydrogen) atoms. The summed E-state index contributed by atoms with van der Waals surface area (Å²) in [6.07, 6.45) is -2.66. The SMILES string of the molecule is CCNC(=O)[C@@H]1CN(c2ccc(C#N)c(C(F)(F)F)c2)C[C@H]1C1CCN(Cc2cccs2)CC1. The number of anilines is 1. The second kappa shape index (κ2) is 10.4. The van der Waals surface area contributed by atoms with Gasteiger partial charge in [-0.15, -0.1) is 11.3 Å². The van der Waals surface area contributed by atoms with E-state index in [0.29, 0.717) is 31.2 Å². The lowest BCUT2D eigenvalue weighted by atomic mass is 9.78. The molecule has 2 fully saturated rings. The maximum Gasteiger partial charge on any atom is 0.417 e. The first-order valence-corrected chi connectivity index (χ1v) is 12.6. The van der Waals surface area contributed by atoms with Crippen LogP contribution in [0, 0.1) is 29.1 Å². The van der Waals surface area contributed by atoms with Crippen molar-refractivity contribution in [3.8, 4) is 6.07 Å². The molecule has 3 heterocycles. The van der Waals surface area contributed by atoms with Gasteiger partial charge in [-0.3, -0.25) is 9.69 Å².